The number of carboxylic acid groups (broad SMARTS) is 1. The van der Waals surface area contributed by atoms with Gasteiger partial charge in [0.1, 0.15) is 6.07 Å². The molecule has 0 saturated heterocycles. The average molecular weight is 228 g/mol. The number of alkyl halides is 1. The number of thiol groups is 1. The van der Waals surface area contributed by atoms with E-state index in [0.717, 1.165) is 0 Å². The molecule has 0 aromatic heterocycles. The number of rotatable bonds is 2. The molecule has 1 N–H and O–H groups in total. The Kier molecular flexibility index (Phi) is 3.39. The molecule has 0 atom stereocenters. The molecule has 0 aliphatic heterocycles. The highest BCUT2D eigenvalue weighted by Gasteiger charge is 2.12. The summed E-state index contributed by atoms with van der Waals surface area (Å²) in [4.78, 5) is 11.1. The summed E-state index contributed by atoms with van der Waals surface area (Å²) >= 11 is 9.56. The molecule has 1 aromatic rings. The van der Waals surface area contributed by atoms with Crippen molar-refractivity contribution in [2.45, 2.75) is 10.8 Å². The van der Waals surface area contributed by atoms with Gasteiger partial charge in [-0.3, -0.25) is 0 Å². The highest BCUT2D eigenvalue weighted by Crippen LogP contribution is 2.21. The van der Waals surface area contributed by atoms with Gasteiger partial charge in [-0.15, -0.1) is 24.2 Å². The smallest absolute Gasteiger partial charge is 0.336 e. The molecule has 0 saturated carbocycles. The van der Waals surface area contributed by atoms with Gasteiger partial charge in [0.15, 0.2) is 0 Å². The van der Waals surface area contributed by atoms with Crippen molar-refractivity contribution in [3.63, 3.8) is 0 Å². The number of benzene rings is 1. The second-order valence-electron chi connectivity index (χ2n) is 2.58. The monoisotopic (exact) mass is 227 g/mol. The zero-order chi connectivity index (χ0) is 10.7. The summed E-state index contributed by atoms with van der Waals surface area (Å²) in [6.45, 7) is 0. The fraction of sp³-hybridized carbons (Fsp3) is 0.111. The Morgan fingerprint density at radius 2 is 2.29 bits per heavy atom. The second kappa shape index (κ2) is 4.36. The van der Waals surface area contributed by atoms with Gasteiger partial charge in [-0.05, 0) is 17.7 Å². The van der Waals surface area contributed by atoms with Crippen LogP contribution in [0.25, 0.3) is 0 Å². The first-order chi connectivity index (χ1) is 6.60. The predicted molar refractivity (Wildman–Crippen MR) is 54.9 cm³/mol. The van der Waals surface area contributed by atoms with Gasteiger partial charge in [0.2, 0.25) is 0 Å². The van der Waals surface area contributed by atoms with Crippen LogP contribution in [0.1, 0.15) is 21.5 Å². The second-order valence-corrected chi connectivity index (χ2v) is 3.33. The number of carbonyl (C=O) groups is 1. The third-order valence-corrected chi connectivity index (χ3v) is 2.37. The minimum Gasteiger partial charge on any atom is -0.478 e. The van der Waals surface area contributed by atoms with Crippen LogP contribution in [-0.4, -0.2) is 11.1 Å². The molecule has 0 spiro atoms. The van der Waals surface area contributed by atoms with E-state index in [9.17, 15) is 4.79 Å². The van der Waals surface area contributed by atoms with Crippen molar-refractivity contribution >= 4 is 30.2 Å². The highest BCUT2D eigenvalue weighted by molar-refractivity contribution is 7.80. The summed E-state index contributed by atoms with van der Waals surface area (Å²) in [5, 5.41) is 17.5. The van der Waals surface area contributed by atoms with E-state index in [4.69, 9.17) is 22.0 Å². The van der Waals surface area contributed by atoms with Gasteiger partial charge in [-0.2, -0.15) is 5.26 Å². The molecule has 0 aliphatic carbocycles. The lowest BCUT2D eigenvalue weighted by Crippen LogP contribution is -2.02. The number of hydrogen-bond donors (Lipinski definition) is 2. The molecule has 0 amide bonds. The Morgan fingerprint density at radius 3 is 2.71 bits per heavy atom. The molecule has 0 unspecified atom stereocenters. The van der Waals surface area contributed by atoms with Crippen LogP contribution < -0.4 is 0 Å². The molecular weight excluding hydrogens is 222 g/mol. The molecule has 5 heteroatoms. The quantitative estimate of drug-likeness (QED) is 0.602. The Bertz CT molecular complexity index is 426. The Morgan fingerprint density at radius 1 is 1.64 bits per heavy atom. The third-order valence-electron chi connectivity index (χ3n) is 1.72. The number of carboxylic acids is 1. The van der Waals surface area contributed by atoms with E-state index < -0.39 is 5.97 Å². The van der Waals surface area contributed by atoms with Crippen LogP contribution in [0.3, 0.4) is 0 Å². The van der Waals surface area contributed by atoms with E-state index in [1.54, 1.807) is 0 Å². The summed E-state index contributed by atoms with van der Waals surface area (Å²) in [7, 11) is 0. The molecule has 1 aromatic carbocycles. The number of nitriles is 1. The maximum absolute atomic E-state index is 10.8. The molecule has 14 heavy (non-hydrogen) atoms. The van der Waals surface area contributed by atoms with Crippen LogP contribution in [0.15, 0.2) is 17.0 Å². The van der Waals surface area contributed by atoms with E-state index in [0.29, 0.717) is 16.0 Å². The van der Waals surface area contributed by atoms with Crippen molar-refractivity contribution in [1.82, 2.24) is 0 Å². The Balaban J connectivity index is 3.41. The van der Waals surface area contributed by atoms with Gasteiger partial charge >= 0.3 is 5.97 Å². The summed E-state index contributed by atoms with van der Waals surface area (Å²) in [5.41, 5.74) is 0.839. The summed E-state index contributed by atoms with van der Waals surface area (Å²) in [5.74, 6) is -1.01. The van der Waals surface area contributed by atoms with Crippen molar-refractivity contribution in [3.8, 4) is 6.07 Å². The zero-order valence-corrected chi connectivity index (χ0v) is 8.64. The molecule has 0 radical (unpaired) electrons. The van der Waals surface area contributed by atoms with Crippen LogP contribution in [0.5, 0.6) is 0 Å². The summed E-state index contributed by atoms with van der Waals surface area (Å²) in [6.07, 6.45) is 0. The third kappa shape index (κ3) is 2.00. The van der Waals surface area contributed by atoms with Crippen molar-refractivity contribution < 1.29 is 9.90 Å². The van der Waals surface area contributed by atoms with E-state index in [2.05, 4.69) is 12.6 Å². The van der Waals surface area contributed by atoms with Crippen LogP contribution in [0.2, 0.25) is 0 Å². The van der Waals surface area contributed by atoms with E-state index >= 15 is 0 Å². The van der Waals surface area contributed by atoms with Gasteiger partial charge in [0.05, 0.1) is 11.1 Å². The first-order valence-corrected chi connectivity index (χ1v) is 4.63. The van der Waals surface area contributed by atoms with E-state index in [1.165, 1.54) is 12.1 Å². The number of halogens is 1. The first kappa shape index (κ1) is 10.9. The maximum atomic E-state index is 10.8. The lowest BCUT2D eigenvalue weighted by Gasteiger charge is -2.04. The van der Waals surface area contributed by atoms with Gasteiger partial charge in [0, 0.05) is 10.8 Å². The van der Waals surface area contributed by atoms with Crippen LogP contribution in [0.4, 0.5) is 0 Å². The van der Waals surface area contributed by atoms with Crippen LogP contribution in [-0.2, 0) is 5.88 Å². The van der Waals surface area contributed by atoms with E-state index in [-0.39, 0.29) is 11.4 Å². The molecule has 0 bridgehead atoms. The average Bonchev–Trinajstić information content (AvgIpc) is 2.17. The fourth-order valence-electron chi connectivity index (χ4n) is 1.03. The van der Waals surface area contributed by atoms with Crippen molar-refractivity contribution in [3.05, 3.63) is 28.8 Å². The largest absolute Gasteiger partial charge is 0.478 e. The van der Waals surface area contributed by atoms with Gasteiger partial charge in [0.25, 0.3) is 0 Å². The molecule has 0 fully saturated rings. The molecule has 0 heterocycles. The Labute approximate surface area is 91.3 Å². The highest BCUT2D eigenvalue weighted by atomic mass is 35.5. The zero-order valence-electron chi connectivity index (χ0n) is 6.99. The van der Waals surface area contributed by atoms with Gasteiger partial charge in [-0.25, -0.2) is 4.79 Å². The fourth-order valence-corrected chi connectivity index (χ4v) is 1.50. The number of nitrogens with zero attached hydrogens (tertiary/aromatic N) is 1. The molecule has 72 valence electrons. The summed E-state index contributed by atoms with van der Waals surface area (Å²) in [6, 6.07) is 4.69. The maximum Gasteiger partial charge on any atom is 0.336 e. The standard InChI is InChI=1S/C9H6ClNO2S/c10-3-5-1-6(4-11)8(14)2-7(5)9(12)13/h1-2,14H,3H2,(H,12,13). The lowest BCUT2D eigenvalue weighted by molar-refractivity contribution is 0.0695. The topological polar surface area (TPSA) is 61.1 Å². The number of aromatic carboxylic acids is 1. The molecule has 0 aliphatic rings. The SMILES string of the molecule is N#Cc1cc(CCl)c(C(=O)O)cc1S. The lowest BCUT2D eigenvalue weighted by atomic mass is 10.1. The summed E-state index contributed by atoms with van der Waals surface area (Å²) < 4.78 is 0. The minimum absolute atomic E-state index is 0.0599. The first-order valence-electron chi connectivity index (χ1n) is 3.65. The van der Waals surface area contributed by atoms with Gasteiger partial charge in [-0.1, -0.05) is 0 Å². The normalized spacial score (nSPS) is 9.50. The number of hydrogen-bond acceptors (Lipinski definition) is 3. The van der Waals surface area contributed by atoms with E-state index in [1.807, 2.05) is 6.07 Å². The predicted octanol–water partition coefficient (Wildman–Crippen LogP) is 2.28. The van der Waals surface area contributed by atoms with Gasteiger partial charge < -0.3 is 5.11 Å². The molecule has 3 nitrogen and oxygen atoms in total. The molecular formula is C9H6ClNO2S. The van der Waals surface area contributed by atoms with Crippen molar-refractivity contribution in [2.24, 2.45) is 0 Å². The van der Waals surface area contributed by atoms with Crippen LogP contribution >= 0.6 is 24.2 Å². The molecule has 1 rings (SSSR count). The van der Waals surface area contributed by atoms with Crippen LogP contribution in [0, 0.1) is 11.3 Å². The van der Waals surface area contributed by atoms with Crippen molar-refractivity contribution in [2.75, 3.05) is 0 Å². The minimum atomic E-state index is -1.07. The van der Waals surface area contributed by atoms with Crippen molar-refractivity contribution in [1.29, 1.82) is 5.26 Å². The Hall–Kier alpha value is -1.18.